The second kappa shape index (κ2) is 8.22. The molecule has 1 N–H and O–H groups in total. The van der Waals surface area contributed by atoms with Crippen molar-refractivity contribution in [3.8, 4) is 5.82 Å². The van der Waals surface area contributed by atoms with E-state index in [2.05, 4.69) is 15.4 Å². The van der Waals surface area contributed by atoms with Crippen LogP contribution in [0.15, 0.2) is 42.6 Å². The number of rotatable bonds is 5. The number of halogens is 1. The zero-order valence-corrected chi connectivity index (χ0v) is 16.6. The van der Waals surface area contributed by atoms with E-state index in [4.69, 9.17) is 4.74 Å². The molecule has 0 fully saturated rings. The third kappa shape index (κ3) is 4.66. The largest absolute Gasteiger partial charge is 0.449 e. The van der Waals surface area contributed by atoms with Crippen LogP contribution < -0.4 is 5.32 Å². The zero-order valence-electron chi connectivity index (χ0n) is 16.6. The Balaban J connectivity index is 1.63. The van der Waals surface area contributed by atoms with Crippen LogP contribution in [0.4, 0.5) is 10.1 Å². The number of anilines is 1. The highest BCUT2D eigenvalue weighted by Gasteiger charge is 2.20. The molecule has 1 atom stereocenters. The minimum absolute atomic E-state index is 0.205. The number of carbonyl (C=O) groups excluding carboxylic acids is 2. The molecule has 0 aliphatic heterocycles. The van der Waals surface area contributed by atoms with Gasteiger partial charge in [-0.1, -0.05) is 6.07 Å². The molecule has 0 saturated heterocycles. The summed E-state index contributed by atoms with van der Waals surface area (Å²) in [5, 5.41) is 6.86. The third-order valence-corrected chi connectivity index (χ3v) is 4.30. The summed E-state index contributed by atoms with van der Waals surface area (Å²) in [4.78, 5) is 28.8. The summed E-state index contributed by atoms with van der Waals surface area (Å²) in [6.45, 7) is 6.85. The maximum Gasteiger partial charge on any atom is 0.340 e. The molecule has 2 heterocycles. The molecule has 8 heteroatoms. The number of pyridine rings is 1. The summed E-state index contributed by atoms with van der Waals surface area (Å²) >= 11 is 0. The van der Waals surface area contributed by atoms with E-state index in [-0.39, 0.29) is 11.3 Å². The van der Waals surface area contributed by atoms with Gasteiger partial charge in [0.05, 0.1) is 11.3 Å². The first-order valence-electron chi connectivity index (χ1n) is 9.02. The van der Waals surface area contributed by atoms with Gasteiger partial charge in [0.1, 0.15) is 5.82 Å². The number of hydrogen-bond donors (Lipinski definition) is 1. The normalized spacial score (nSPS) is 11.8. The molecule has 29 heavy (non-hydrogen) atoms. The Morgan fingerprint density at radius 1 is 1.14 bits per heavy atom. The summed E-state index contributed by atoms with van der Waals surface area (Å²) in [6, 6.07) is 9.47. The van der Waals surface area contributed by atoms with Gasteiger partial charge in [0.2, 0.25) is 0 Å². The second-order valence-corrected chi connectivity index (χ2v) is 6.74. The van der Waals surface area contributed by atoms with Gasteiger partial charge in [-0.25, -0.2) is 18.9 Å². The molecule has 1 aromatic carbocycles. The molecule has 0 aliphatic carbocycles. The molecule has 1 amide bonds. The van der Waals surface area contributed by atoms with Crippen molar-refractivity contribution in [1.29, 1.82) is 0 Å². The quantitative estimate of drug-likeness (QED) is 0.667. The van der Waals surface area contributed by atoms with E-state index >= 15 is 0 Å². The predicted molar refractivity (Wildman–Crippen MR) is 105 cm³/mol. The lowest BCUT2D eigenvalue weighted by Crippen LogP contribution is -2.30. The molecule has 0 aliphatic rings. The van der Waals surface area contributed by atoms with Gasteiger partial charge in [0.25, 0.3) is 5.91 Å². The number of nitrogens with zero attached hydrogens (tertiary/aromatic N) is 3. The maximum absolute atomic E-state index is 13.6. The lowest BCUT2D eigenvalue weighted by Gasteiger charge is -2.14. The van der Waals surface area contributed by atoms with Crippen LogP contribution in [0.1, 0.15) is 34.2 Å². The van der Waals surface area contributed by atoms with Crippen molar-refractivity contribution < 1.29 is 18.7 Å². The average Bonchev–Trinajstić information content (AvgIpc) is 3.02. The smallest absolute Gasteiger partial charge is 0.340 e. The van der Waals surface area contributed by atoms with Gasteiger partial charge in [0.15, 0.2) is 11.9 Å². The Bertz CT molecular complexity index is 1060. The lowest BCUT2D eigenvalue weighted by molar-refractivity contribution is -0.123. The molecule has 0 bridgehead atoms. The van der Waals surface area contributed by atoms with Gasteiger partial charge in [-0.3, -0.25) is 4.79 Å². The maximum atomic E-state index is 13.6. The van der Waals surface area contributed by atoms with Crippen molar-refractivity contribution in [2.75, 3.05) is 5.32 Å². The monoisotopic (exact) mass is 396 g/mol. The number of esters is 1. The van der Waals surface area contributed by atoms with Crippen molar-refractivity contribution in [2.45, 2.75) is 33.8 Å². The van der Waals surface area contributed by atoms with Crippen molar-refractivity contribution in [3.05, 3.63) is 70.9 Å². The first-order chi connectivity index (χ1) is 13.7. The summed E-state index contributed by atoms with van der Waals surface area (Å²) < 4.78 is 20.5. The molecular formula is C21H21FN4O3. The van der Waals surface area contributed by atoms with Crippen molar-refractivity contribution in [1.82, 2.24) is 14.8 Å². The minimum Gasteiger partial charge on any atom is -0.449 e. The van der Waals surface area contributed by atoms with Crippen LogP contribution in [-0.4, -0.2) is 32.7 Å². The van der Waals surface area contributed by atoms with Gasteiger partial charge in [-0.15, -0.1) is 0 Å². The SMILES string of the molecule is Cc1cc(C)n(-c2ccc(C(=O)OC(C)C(=O)Nc3ccc(C)c(F)c3)cn2)n1. The highest BCUT2D eigenvalue weighted by molar-refractivity contribution is 5.97. The van der Waals surface area contributed by atoms with E-state index in [1.165, 1.54) is 19.2 Å². The van der Waals surface area contributed by atoms with Crippen LogP contribution in [-0.2, 0) is 9.53 Å². The van der Waals surface area contributed by atoms with E-state index in [0.717, 1.165) is 11.4 Å². The predicted octanol–water partition coefficient (Wildman–Crippen LogP) is 3.52. The van der Waals surface area contributed by atoms with Crippen LogP contribution in [0.3, 0.4) is 0 Å². The average molecular weight is 396 g/mol. The zero-order chi connectivity index (χ0) is 21.1. The van der Waals surface area contributed by atoms with Gasteiger partial charge >= 0.3 is 5.97 Å². The van der Waals surface area contributed by atoms with Gasteiger partial charge in [-0.05, 0) is 63.6 Å². The molecule has 0 spiro atoms. The summed E-state index contributed by atoms with van der Waals surface area (Å²) in [5.74, 6) is -1.11. The molecule has 2 aromatic heterocycles. The van der Waals surface area contributed by atoms with Crippen LogP contribution in [0, 0.1) is 26.6 Å². The first-order valence-corrected chi connectivity index (χ1v) is 9.02. The highest BCUT2D eigenvalue weighted by Crippen LogP contribution is 2.15. The molecule has 150 valence electrons. The van der Waals surface area contributed by atoms with E-state index < -0.39 is 23.8 Å². The number of ether oxygens (including phenoxy) is 1. The number of hydrogen-bond acceptors (Lipinski definition) is 5. The topological polar surface area (TPSA) is 86.1 Å². The molecule has 0 radical (unpaired) electrons. The third-order valence-electron chi connectivity index (χ3n) is 4.30. The molecule has 3 aromatic rings. The van der Waals surface area contributed by atoms with Gasteiger partial charge < -0.3 is 10.1 Å². The summed E-state index contributed by atoms with van der Waals surface area (Å²) in [5.41, 5.74) is 2.75. The van der Waals surface area contributed by atoms with Crippen LogP contribution in [0.2, 0.25) is 0 Å². The molecule has 1 unspecified atom stereocenters. The van der Waals surface area contributed by atoms with Crippen LogP contribution in [0.5, 0.6) is 0 Å². The van der Waals surface area contributed by atoms with Gasteiger partial charge in [0, 0.05) is 17.6 Å². The Morgan fingerprint density at radius 2 is 1.90 bits per heavy atom. The van der Waals surface area contributed by atoms with Gasteiger partial charge in [-0.2, -0.15) is 5.10 Å². The summed E-state index contributed by atoms with van der Waals surface area (Å²) in [6.07, 6.45) is 0.302. The van der Waals surface area contributed by atoms with Crippen molar-refractivity contribution in [2.24, 2.45) is 0 Å². The number of carbonyl (C=O) groups is 2. The van der Waals surface area contributed by atoms with E-state index in [1.54, 1.807) is 35.9 Å². The molecule has 0 saturated carbocycles. The number of aryl methyl sites for hydroxylation is 3. The number of aromatic nitrogens is 3. The fourth-order valence-corrected chi connectivity index (χ4v) is 2.69. The van der Waals surface area contributed by atoms with Crippen molar-refractivity contribution in [3.63, 3.8) is 0 Å². The fourth-order valence-electron chi connectivity index (χ4n) is 2.69. The standard InChI is InChI=1S/C21H21FN4O3/c1-12-5-7-17(10-18(12)22)24-20(27)15(4)29-21(28)16-6-8-19(23-11-16)26-14(3)9-13(2)25-26/h5-11,15H,1-4H3,(H,24,27). The van der Waals surface area contributed by atoms with E-state index in [9.17, 15) is 14.0 Å². The molecular weight excluding hydrogens is 375 g/mol. The Kier molecular flexibility index (Phi) is 5.72. The van der Waals surface area contributed by atoms with E-state index in [1.807, 2.05) is 19.9 Å². The Morgan fingerprint density at radius 3 is 2.48 bits per heavy atom. The summed E-state index contributed by atoms with van der Waals surface area (Å²) in [7, 11) is 0. The number of benzene rings is 1. The molecule has 7 nitrogen and oxygen atoms in total. The second-order valence-electron chi connectivity index (χ2n) is 6.74. The first kappa shape index (κ1) is 20.2. The van der Waals surface area contributed by atoms with Crippen molar-refractivity contribution >= 4 is 17.6 Å². The molecule has 3 rings (SSSR count). The van der Waals surface area contributed by atoms with Crippen LogP contribution >= 0.6 is 0 Å². The Hall–Kier alpha value is -3.55. The van der Waals surface area contributed by atoms with Crippen LogP contribution in [0.25, 0.3) is 5.82 Å². The highest BCUT2D eigenvalue weighted by atomic mass is 19.1. The lowest BCUT2D eigenvalue weighted by atomic mass is 10.2. The number of nitrogens with one attached hydrogen (secondary N) is 1. The minimum atomic E-state index is -1.07. The number of amides is 1. The van der Waals surface area contributed by atoms with E-state index in [0.29, 0.717) is 11.4 Å². The Labute approximate surface area is 167 Å². The fraction of sp³-hybridized carbons (Fsp3) is 0.238.